The minimum Gasteiger partial charge on any atom is -0.394 e. The van der Waals surface area contributed by atoms with Crippen LogP contribution in [0.2, 0.25) is 0 Å². The van der Waals surface area contributed by atoms with Crippen LogP contribution in [0.4, 0.5) is 0 Å². The Balaban J connectivity index is 2.06. The average molecular weight is 1350 g/mol. The van der Waals surface area contributed by atoms with Crippen LogP contribution in [0.25, 0.3) is 0 Å². The summed E-state index contributed by atoms with van der Waals surface area (Å²) in [5.41, 5.74) is 0. The molecule has 6 N–H and O–H groups in total. The molecular formula is C87H159NO8. The molecule has 0 saturated carbocycles. The van der Waals surface area contributed by atoms with Crippen LogP contribution in [0.3, 0.4) is 0 Å². The molecule has 1 aliphatic rings. The third-order valence-corrected chi connectivity index (χ3v) is 19.7. The molecule has 0 radical (unpaired) electrons. The van der Waals surface area contributed by atoms with E-state index in [-0.39, 0.29) is 12.5 Å². The van der Waals surface area contributed by atoms with E-state index in [1.165, 1.54) is 315 Å². The first kappa shape index (κ1) is 91.4. The fourth-order valence-electron chi connectivity index (χ4n) is 13.2. The van der Waals surface area contributed by atoms with E-state index in [4.69, 9.17) is 9.47 Å². The molecule has 0 bridgehead atoms. The zero-order chi connectivity index (χ0) is 69.2. The summed E-state index contributed by atoms with van der Waals surface area (Å²) in [5.74, 6) is -0.184. The van der Waals surface area contributed by atoms with Crippen molar-refractivity contribution in [2.75, 3.05) is 13.2 Å². The molecule has 1 fully saturated rings. The zero-order valence-corrected chi connectivity index (χ0v) is 63.1. The Kier molecular flexibility index (Phi) is 71.4. The first-order chi connectivity index (χ1) is 47.3. The monoisotopic (exact) mass is 1350 g/mol. The third kappa shape index (κ3) is 62.4. The zero-order valence-electron chi connectivity index (χ0n) is 63.1. The molecule has 1 aliphatic heterocycles. The van der Waals surface area contributed by atoms with E-state index < -0.39 is 49.5 Å². The first-order valence-electron chi connectivity index (χ1n) is 41.8. The predicted octanol–water partition coefficient (Wildman–Crippen LogP) is 24.4. The van der Waals surface area contributed by atoms with Gasteiger partial charge >= 0.3 is 0 Å². The number of aliphatic hydroxyl groups is 5. The number of hydrogen-bond acceptors (Lipinski definition) is 8. The second kappa shape index (κ2) is 75.0. The van der Waals surface area contributed by atoms with Gasteiger partial charge < -0.3 is 40.3 Å². The number of carbonyl (C=O) groups is 1. The Morgan fingerprint density at radius 1 is 0.365 bits per heavy atom. The normalized spacial score (nSPS) is 17.8. The van der Waals surface area contributed by atoms with Gasteiger partial charge in [-0.2, -0.15) is 0 Å². The number of amides is 1. The molecule has 0 aromatic heterocycles. The molecule has 7 unspecified atom stereocenters. The second-order valence-electron chi connectivity index (χ2n) is 28.9. The lowest BCUT2D eigenvalue weighted by molar-refractivity contribution is -0.302. The van der Waals surface area contributed by atoms with Gasteiger partial charge in [0, 0.05) is 6.42 Å². The molecule has 96 heavy (non-hydrogen) atoms. The molecule has 0 aromatic rings. The fourth-order valence-corrected chi connectivity index (χ4v) is 13.2. The summed E-state index contributed by atoms with van der Waals surface area (Å²) in [7, 11) is 0. The number of nitrogens with one attached hydrogen (secondary N) is 1. The summed E-state index contributed by atoms with van der Waals surface area (Å²) in [6, 6.07) is -0.832. The highest BCUT2D eigenvalue weighted by atomic mass is 16.7. The molecule has 1 amide bonds. The van der Waals surface area contributed by atoms with Crippen molar-refractivity contribution in [3.8, 4) is 0 Å². The van der Waals surface area contributed by atoms with Gasteiger partial charge in [-0.3, -0.25) is 4.79 Å². The van der Waals surface area contributed by atoms with Crippen LogP contribution in [0, 0.1) is 0 Å². The van der Waals surface area contributed by atoms with Crippen molar-refractivity contribution in [1.82, 2.24) is 5.32 Å². The van der Waals surface area contributed by atoms with Gasteiger partial charge in [-0.1, -0.05) is 401 Å². The van der Waals surface area contributed by atoms with E-state index >= 15 is 0 Å². The van der Waals surface area contributed by atoms with Gasteiger partial charge in [0.1, 0.15) is 24.4 Å². The van der Waals surface area contributed by atoms with Crippen LogP contribution < -0.4 is 5.32 Å². The van der Waals surface area contributed by atoms with Gasteiger partial charge in [-0.15, -0.1) is 0 Å². The van der Waals surface area contributed by atoms with Crippen molar-refractivity contribution < 1.29 is 39.8 Å². The lowest BCUT2D eigenvalue weighted by Crippen LogP contribution is -2.60. The molecule has 1 rings (SSSR count). The van der Waals surface area contributed by atoms with Crippen molar-refractivity contribution in [1.29, 1.82) is 0 Å². The van der Waals surface area contributed by atoms with Crippen molar-refractivity contribution >= 4 is 5.91 Å². The highest BCUT2D eigenvalue weighted by Gasteiger charge is 2.44. The van der Waals surface area contributed by atoms with Crippen molar-refractivity contribution in [2.45, 2.75) is 448 Å². The van der Waals surface area contributed by atoms with Crippen molar-refractivity contribution in [3.05, 3.63) is 85.1 Å². The van der Waals surface area contributed by atoms with Crippen LogP contribution in [0.5, 0.6) is 0 Å². The molecule has 0 aliphatic carbocycles. The van der Waals surface area contributed by atoms with E-state index in [0.29, 0.717) is 6.42 Å². The van der Waals surface area contributed by atoms with Crippen LogP contribution in [0.1, 0.15) is 406 Å². The van der Waals surface area contributed by atoms with Crippen LogP contribution in [-0.4, -0.2) is 87.5 Å². The summed E-state index contributed by atoms with van der Waals surface area (Å²) in [6.07, 6.45) is 102. The lowest BCUT2D eigenvalue weighted by Gasteiger charge is -2.40. The molecule has 1 heterocycles. The maximum Gasteiger partial charge on any atom is 0.220 e. The molecule has 9 heteroatoms. The van der Waals surface area contributed by atoms with E-state index in [9.17, 15) is 30.3 Å². The van der Waals surface area contributed by atoms with Crippen LogP contribution >= 0.6 is 0 Å². The highest BCUT2D eigenvalue weighted by Crippen LogP contribution is 2.24. The van der Waals surface area contributed by atoms with Crippen LogP contribution in [0.15, 0.2) is 85.1 Å². The van der Waals surface area contributed by atoms with Gasteiger partial charge in [-0.05, 0) is 83.5 Å². The quantitative estimate of drug-likeness (QED) is 0.0261. The number of allylic oxidation sites excluding steroid dienone is 13. The summed E-state index contributed by atoms with van der Waals surface area (Å²) in [5, 5.41) is 54.9. The minimum absolute atomic E-state index is 0.184. The first-order valence-corrected chi connectivity index (χ1v) is 41.8. The summed E-state index contributed by atoms with van der Waals surface area (Å²) < 4.78 is 11.3. The number of carbonyl (C=O) groups excluding carboxylic acids is 1. The topological polar surface area (TPSA) is 149 Å². The average Bonchev–Trinajstić information content (AvgIpc) is 0.840. The Bertz CT molecular complexity index is 1810. The molecule has 9 nitrogen and oxygen atoms in total. The smallest absolute Gasteiger partial charge is 0.220 e. The molecule has 7 atom stereocenters. The van der Waals surface area contributed by atoms with E-state index in [1.54, 1.807) is 6.08 Å². The summed E-state index contributed by atoms with van der Waals surface area (Å²) in [6.45, 7) is 3.70. The van der Waals surface area contributed by atoms with Gasteiger partial charge in [0.25, 0.3) is 0 Å². The second-order valence-corrected chi connectivity index (χ2v) is 28.9. The number of rotatable bonds is 74. The van der Waals surface area contributed by atoms with Gasteiger partial charge in [0.2, 0.25) is 5.91 Å². The van der Waals surface area contributed by atoms with Gasteiger partial charge in [0.05, 0.1) is 25.4 Å². The van der Waals surface area contributed by atoms with E-state index in [2.05, 4.69) is 92.1 Å². The van der Waals surface area contributed by atoms with E-state index in [0.717, 1.165) is 70.6 Å². The largest absolute Gasteiger partial charge is 0.394 e. The Labute approximate surface area is 594 Å². The third-order valence-electron chi connectivity index (χ3n) is 19.7. The Morgan fingerprint density at radius 3 is 1.00 bits per heavy atom. The van der Waals surface area contributed by atoms with Gasteiger partial charge in [0.15, 0.2) is 6.29 Å². The molecular weight excluding hydrogens is 1190 g/mol. The highest BCUT2D eigenvalue weighted by molar-refractivity contribution is 5.76. The number of unbranched alkanes of at least 4 members (excludes halogenated alkanes) is 52. The molecule has 560 valence electrons. The summed E-state index contributed by atoms with van der Waals surface area (Å²) >= 11 is 0. The standard InChI is InChI=1S/C87H159NO8/c1-3-5-7-9-11-13-15-17-19-21-23-25-27-29-31-33-35-37-38-39-40-41-42-43-44-45-47-49-51-53-55-57-59-61-63-65-67-69-71-73-75-77-83(91)88-80(79-95-87-86(94)85(93)84(92)82(78-89)96-87)81(90)76-74-72-70-68-66-64-62-60-58-56-54-52-50-48-46-36-34-32-30-28-26-24-22-20-18-16-14-12-10-8-6-4-2/h5,7,11,13,17,19,23,25,58,60,66,68,74,76,80-82,84-87,89-90,92-94H,3-4,6,8-10,12,14-16,18,20-22,24,26-57,59,61-65,67,69-73,75,77-79H2,1-2H3,(H,88,91)/b7-5-,13-11-,19-17-,25-23-,60-58+,68-66+,76-74+. The Hall–Kier alpha value is -2.63. The van der Waals surface area contributed by atoms with E-state index in [1.807, 2.05) is 6.08 Å². The van der Waals surface area contributed by atoms with Crippen molar-refractivity contribution in [3.63, 3.8) is 0 Å². The number of aliphatic hydroxyl groups excluding tert-OH is 5. The Morgan fingerprint density at radius 2 is 0.656 bits per heavy atom. The molecule has 1 saturated heterocycles. The summed E-state index contributed by atoms with van der Waals surface area (Å²) in [4.78, 5) is 13.2. The number of hydrogen-bond donors (Lipinski definition) is 6. The SMILES string of the molecule is CC/C=C\C/C=C\C/C=C\C/C=C\CCCCCCCCCCCCCCCCCCCCCCCCCCCCCCC(=O)NC(COC1OC(CO)C(O)C(O)C1O)C(O)/C=C/CC/C=C/CC/C=C/CCCCCCCCCCCCCCCCCCCCCCCC. The number of ether oxygens (including phenoxy) is 2. The molecule has 0 aromatic carbocycles. The lowest BCUT2D eigenvalue weighted by atomic mass is 9.99. The van der Waals surface area contributed by atoms with Crippen LogP contribution in [-0.2, 0) is 14.3 Å². The predicted molar refractivity (Wildman–Crippen MR) is 415 cm³/mol. The maximum atomic E-state index is 13.2. The van der Waals surface area contributed by atoms with Crippen molar-refractivity contribution in [2.24, 2.45) is 0 Å². The maximum absolute atomic E-state index is 13.2. The minimum atomic E-state index is -1.58. The fraction of sp³-hybridized carbons (Fsp3) is 0.828. The molecule has 0 spiro atoms. The van der Waals surface area contributed by atoms with Gasteiger partial charge in [-0.25, -0.2) is 0 Å².